The predicted molar refractivity (Wildman–Crippen MR) is 88.3 cm³/mol. The predicted octanol–water partition coefficient (Wildman–Crippen LogP) is 2.06. The molecule has 1 amide bonds. The number of aryl methyl sites for hydroxylation is 1. The standard InChI is InChI=1S/C18H23N3O2/c1-20(9-7-14-12-19-21(2)13-14)18(22)16-8-10-23-17-6-4-3-5-15(17)11-16/h3-6,12-13,16H,7-11H2,1-2H3. The summed E-state index contributed by atoms with van der Waals surface area (Å²) in [5.74, 6) is 1.12. The first-order valence-electron chi connectivity index (χ1n) is 8.06. The lowest BCUT2D eigenvalue weighted by Crippen LogP contribution is -2.35. The molecule has 3 rings (SSSR count). The second-order valence-electron chi connectivity index (χ2n) is 6.18. The Labute approximate surface area is 136 Å². The van der Waals surface area contributed by atoms with Crippen molar-refractivity contribution >= 4 is 5.91 Å². The van der Waals surface area contributed by atoms with Crippen molar-refractivity contribution in [3.8, 4) is 5.75 Å². The minimum Gasteiger partial charge on any atom is -0.493 e. The number of rotatable bonds is 4. The van der Waals surface area contributed by atoms with E-state index in [1.54, 1.807) is 4.68 Å². The van der Waals surface area contributed by atoms with Crippen LogP contribution in [0.3, 0.4) is 0 Å². The topological polar surface area (TPSA) is 47.4 Å². The minimum absolute atomic E-state index is 0.00227. The Morgan fingerprint density at radius 1 is 1.43 bits per heavy atom. The van der Waals surface area contributed by atoms with Gasteiger partial charge in [0.15, 0.2) is 0 Å². The zero-order valence-corrected chi connectivity index (χ0v) is 13.7. The molecule has 0 saturated heterocycles. The van der Waals surface area contributed by atoms with Crippen LogP contribution in [0.2, 0.25) is 0 Å². The molecule has 0 N–H and O–H groups in total. The van der Waals surface area contributed by atoms with Crippen molar-refractivity contribution in [1.29, 1.82) is 0 Å². The van der Waals surface area contributed by atoms with Crippen LogP contribution in [0.1, 0.15) is 17.5 Å². The van der Waals surface area contributed by atoms with Crippen molar-refractivity contribution in [2.75, 3.05) is 20.2 Å². The van der Waals surface area contributed by atoms with Crippen molar-refractivity contribution in [1.82, 2.24) is 14.7 Å². The van der Waals surface area contributed by atoms with Crippen LogP contribution in [0.25, 0.3) is 0 Å². The van der Waals surface area contributed by atoms with E-state index < -0.39 is 0 Å². The molecular weight excluding hydrogens is 290 g/mol. The Balaban J connectivity index is 1.60. The number of carbonyl (C=O) groups is 1. The third-order valence-electron chi connectivity index (χ3n) is 4.38. The Hall–Kier alpha value is -2.30. The van der Waals surface area contributed by atoms with E-state index in [2.05, 4.69) is 11.2 Å². The average molecular weight is 313 g/mol. The molecule has 1 atom stereocenters. The van der Waals surface area contributed by atoms with Gasteiger partial charge >= 0.3 is 0 Å². The van der Waals surface area contributed by atoms with Crippen molar-refractivity contribution < 1.29 is 9.53 Å². The van der Waals surface area contributed by atoms with Crippen molar-refractivity contribution in [3.63, 3.8) is 0 Å². The van der Waals surface area contributed by atoms with E-state index in [1.807, 2.05) is 49.6 Å². The summed E-state index contributed by atoms with van der Waals surface area (Å²) in [6, 6.07) is 8.01. The molecule has 1 aromatic carbocycles. The van der Waals surface area contributed by atoms with E-state index in [4.69, 9.17) is 4.74 Å². The highest BCUT2D eigenvalue weighted by atomic mass is 16.5. The SMILES string of the molecule is CN(CCc1cnn(C)c1)C(=O)C1CCOc2ccccc2C1. The number of benzene rings is 1. The van der Waals surface area contributed by atoms with E-state index in [-0.39, 0.29) is 11.8 Å². The molecule has 2 heterocycles. The van der Waals surface area contributed by atoms with Gasteiger partial charge in [0.25, 0.3) is 0 Å². The highest BCUT2D eigenvalue weighted by Gasteiger charge is 2.26. The summed E-state index contributed by atoms with van der Waals surface area (Å²) in [6.07, 6.45) is 6.20. The van der Waals surface area contributed by atoms with Crippen LogP contribution in [0.15, 0.2) is 36.7 Å². The molecule has 1 unspecified atom stereocenters. The molecule has 0 fully saturated rings. The summed E-state index contributed by atoms with van der Waals surface area (Å²) >= 11 is 0. The zero-order chi connectivity index (χ0) is 16.2. The van der Waals surface area contributed by atoms with Gasteiger partial charge in [0.2, 0.25) is 5.91 Å². The first kappa shape index (κ1) is 15.6. The third-order valence-corrected chi connectivity index (χ3v) is 4.38. The van der Waals surface area contributed by atoms with Crippen LogP contribution in [0.4, 0.5) is 0 Å². The second-order valence-corrected chi connectivity index (χ2v) is 6.18. The van der Waals surface area contributed by atoms with E-state index in [0.717, 1.165) is 36.1 Å². The molecule has 0 bridgehead atoms. The summed E-state index contributed by atoms with van der Waals surface area (Å²) in [4.78, 5) is 14.6. The van der Waals surface area contributed by atoms with E-state index in [9.17, 15) is 4.79 Å². The maximum absolute atomic E-state index is 12.7. The van der Waals surface area contributed by atoms with Crippen molar-refractivity contribution in [2.45, 2.75) is 19.3 Å². The monoisotopic (exact) mass is 313 g/mol. The number of carbonyl (C=O) groups excluding carboxylic acids is 1. The number of hydrogen-bond acceptors (Lipinski definition) is 3. The Kier molecular flexibility index (Phi) is 4.65. The Morgan fingerprint density at radius 3 is 3.04 bits per heavy atom. The minimum atomic E-state index is -0.00227. The fourth-order valence-corrected chi connectivity index (χ4v) is 3.02. The summed E-state index contributed by atoms with van der Waals surface area (Å²) in [5, 5.41) is 4.16. The van der Waals surface area contributed by atoms with Gasteiger partial charge in [-0.2, -0.15) is 5.10 Å². The fraction of sp³-hybridized carbons (Fsp3) is 0.444. The number of fused-ring (bicyclic) bond motifs is 1. The van der Waals surface area contributed by atoms with Gasteiger partial charge in [0.1, 0.15) is 5.75 Å². The number of para-hydroxylation sites is 1. The largest absolute Gasteiger partial charge is 0.493 e. The molecule has 0 saturated carbocycles. The average Bonchev–Trinajstić information content (AvgIpc) is 2.85. The summed E-state index contributed by atoms with van der Waals surface area (Å²) in [6.45, 7) is 1.31. The maximum atomic E-state index is 12.7. The smallest absolute Gasteiger partial charge is 0.225 e. The Bertz CT molecular complexity index is 680. The van der Waals surface area contributed by atoms with E-state index >= 15 is 0 Å². The van der Waals surface area contributed by atoms with Gasteiger partial charge in [-0.25, -0.2) is 0 Å². The van der Waals surface area contributed by atoms with Crippen LogP contribution in [0, 0.1) is 5.92 Å². The van der Waals surface area contributed by atoms with Crippen LogP contribution in [0.5, 0.6) is 5.75 Å². The Morgan fingerprint density at radius 2 is 2.26 bits per heavy atom. The normalized spacial score (nSPS) is 17.0. The lowest BCUT2D eigenvalue weighted by molar-refractivity contribution is -0.134. The lowest BCUT2D eigenvalue weighted by atomic mass is 9.95. The second kappa shape index (κ2) is 6.86. The van der Waals surface area contributed by atoms with Gasteiger partial charge in [-0.05, 0) is 36.5 Å². The fourth-order valence-electron chi connectivity index (χ4n) is 3.02. The molecular formula is C18H23N3O2. The van der Waals surface area contributed by atoms with E-state index in [1.165, 1.54) is 0 Å². The molecule has 2 aromatic rings. The number of aromatic nitrogens is 2. The molecule has 0 radical (unpaired) electrons. The first-order chi connectivity index (χ1) is 11.1. The van der Waals surface area contributed by atoms with Crippen LogP contribution >= 0.6 is 0 Å². The van der Waals surface area contributed by atoms with Gasteiger partial charge < -0.3 is 9.64 Å². The summed E-state index contributed by atoms with van der Waals surface area (Å²) in [7, 11) is 3.79. The van der Waals surface area contributed by atoms with Gasteiger partial charge in [-0.3, -0.25) is 9.48 Å². The molecule has 1 aromatic heterocycles. The molecule has 122 valence electrons. The summed E-state index contributed by atoms with van der Waals surface area (Å²) < 4.78 is 7.55. The van der Waals surface area contributed by atoms with Gasteiger partial charge in [0.05, 0.1) is 12.8 Å². The number of ether oxygens (including phenoxy) is 1. The molecule has 23 heavy (non-hydrogen) atoms. The van der Waals surface area contributed by atoms with Crippen LogP contribution < -0.4 is 4.74 Å². The zero-order valence-electron chi connectivity index (χ0n) is 13.7. The molecule has 0 aliphatic carbocycles. The lowest BCUT2D eigenvalue weighted by Gasteiger charge is -2.22. The maximum Gasteiger partial charge on any atom is 0.225 e. The number of likely N-dealkylation sites (N-methyl/N-ethyl adjacent to an activating group) is 1. The number of nitrogens with zero attached hydrogens (tertiary/aromatic N) is 3. The van der Waals surface area contributed by atoms with Crippen molar-refractivity contribution in [2.24, 2.45) is 13.0 Å². The number of hydrogen-bond donors (Lipinski definition) is 0. The molecule has 5 heteroatoms. The quantitative estimate of drug-likeness (QED) is 0.868. The first-order valence-corrected chi connectivity index (χ1v) is 8.06. The van der Waals surface area contributed by atoms with Gasteiger partial charge in [-0.1, -0.05) is 18.2 Å². The molecule has 0 spiro atoms. The van der Waals surface area contributed by atoms with Crippen LogP contribution in [-0.4, -0.2) is 40.8 Å². The highest BCUT2D eigenvalue weighted by molar-refractivity contribution is 5.79. The van der Waals surface area contributed by atoms with Crippen molar-refractivity contribution in [3.05, 3.63) is 47.8 Å². The molecule has 5 nitrogen and oxygen atoms in total. The van der Waals surface area contributed by atoms with Gasteiger partial charge in [0, 0.05) is 32.8 Å². The molecule has 1 aliphatic heterocycles. The highest BCUT2D eigenvalue weighted by Crippen LogP contribution is 2.27. The number of amides is 1. The molecule has 1 aliphatic rings. The summed E-state index contributed by atoms with van der Waals surface area (Å²) in [5.41, 5.74) is 2.28. The van der Waals surface area contributed by atoms with E-state index in [0.29, 0.717) is 13.2 Å². The third kappa shape index (κ3) is 3.73. The van der Waals surface area contributed by atoms with Crippen LogP contribution in [-0.2, 0) is 24.7 Å². The van der Waals surface area contributed by atoms with Gasteiger partial charge in [-0.15, -0.1) is 0 Å².